The van der Waals surface area contributed by atoms with Gasteiger partial charge >= 0.3 is 0 Å². The summed E-state index contributed by atoms with van der Waals surface area (Å²) in [7, 11) is 2.97. The molecule has 1 N–H and O–H groups in total. The van der Waals surface area contributed by atoms with Crippen LogP contribution in [0, 0.1) is 20.8 Å². The molecule has 0 aromatic heterocycles. The average molecular weight is 326 g/mol. The van der Waals surface area contributed by atoms with Crippen LogP contribution in [0.15, 0.2) is 41.6 Å². The van der Waals surface area contributed by atoms with E-state index < -0.39 is 0 Å². The number of ether oxygens (including phenoxy) is 1. The van der Waals surface area contributed by atoms with E-state index in [9.17, 15) is 4.79 Å². The van der Waals surface area contributed by atoms with E-state index in [4.69, 9.17) is 9.57 Å². The van der Waals surface area contributed by atoms with Gasteiger partial charge in [-0.05, 0) is 61.7 Å². The number of carbonyl (C=O) groups is 1. The molecule has 2 aromatic rings. The number of likely N-dealkylation sites (N-methyl/N-ethyl adjacent to an activating group) is 1. The normalized spacial score (nSPS) is 11.1. The van der Waals surface area contributed by atoms with Crippen molar-refractivity contribution in [3.8, 4) is 11.5 Å². The molecule has 5 heteroatoms. The Morgan fingerprint density at radius 2 is 1.79 bits per heavy atom. The number of rotatable bonds is 5. The molecule has 126 valence electrons. The second-order valence-electron chi connectivity index (χ2n) is 5.55. The number of benzene rings is 2. The van der Waals surface area contributed by atoms with Crippen LogP contribution >= 0.6 is 0 Å². The first-order valence-electron chi connectivity index (χ1n) is 7.65. The average Bonchev–Trinajstić information content (AvgIpc) is 2.56. The van der Waals surface area contributed by atoms with E-state index in [1.165, 1.54) is 7.11 Å². The lowest BCUT2D eigenvalue weighted by atomic mass is 10.0. The summed E-state index contributed by atoms with van der Waals surface area (Å²) in [5.74, 6) is 1.22. The summed E-state index contributed by atoms with van der Waals surface area (Å²) in [6.07, 6.45) is 0. The van der Waals surface area contributed by atoms with Crippen molar-refractivity contribution in [2.75, 3.05) is 14.2 Å². The maximum atomic E-state index is 12.0. The van der Waals surface area contributed by atoms with Crippen LogP contribution < -0.4 is 10.1 Å². The van der Waals surface area contributed by atoms with E-state index in [1.54, 1.807) is 7.05 Å². The number of aryl methyl sites for hydroxylation is 3. The monoisotopic (exact) mass is 326 g/mol. The van der Waals surface area contributed by atoms with Crippen molar-refractivity contribution in [1.82, 2.24) is 5.32 Å². The molecule has 0 radical (unpaired) electrons. The van der Waals surface area contributed by atoms with E-state index in [0.29, 0.717) is 11.3 Å². The fourth-order valence-corrected chi connectivity index (χ4v) is 2.33. The molecular weight excluding hydrogens is 304 g/mol. The molecule has 5 nitrogen and oxygen atoms in total. The zero-order valence-corrected chi connectivity index (χ0v) is 14.6. The molecule has 0 aliphatic heterocycles. The molecule has 0 aliphatic rings. The third-order valence-electron chi connectivity index (χ3n) is 3.65. The third kappa shape index (κ3) is 3.93. The van der Waals surface area contributed by atoms with Gasteiger partial charge in [0.25, 0.3) is 5.91 Å². The molecule has 0 spiro atoms. The first-order valence-corrected chi connectivity index (χ1v) is 7.65. The van der Waals surface area contributed by atoms with Crippen molar-refractivity contribution in [1.29, 1.82) is 0 Å². The first kappa shape index (κ1) is 17.5. The second kappa shape index (κ2) is 7.64. The number of carbonyl (C=O) groups excluding carboxylic acids is 1. The number of oxime groups is 1. The number of hydrogen-bond acceptors (Lipinski definition) is 4. The predicted octanol–water partition coefficient (Wildman–Crippen LogP) is 3.50. The van der Waals surface area contributed by atoms with Crippen LogP contribution in [0.25, 0.3) is 0 Å². The lowest BCUT2D eigenvalue weighted by molar-refractivity contribution is -0.114. The van der Waals surface area contributed by atoms with Crippen LogP contribution in [-0.4, -0.2) is 25.8 Å². The molecule has 1 amide bonds. The topological polar surface area (TPSA) is 59.9 Å². The van der Waals surface area contributed by atoms with E-state index in [-0.39, 0.29) is 11.6 Å². The van der Waals surface area contributed by atoms with Gasteiger partial charge in [-0.25, -0.2) is 0 Å². The van der Waals surface area contributed by atoms with Crippen molar-refractivity contribution in [2.45, 2.75) is 20.8 Å². The van der Waals surface area contributed by atoms with Crippen LogP contribution in [0.2, 0.25) is 0 Å². The van der Waals surface area contributed by atoms with Gasteiger partial charge in [-0.3, -0.25) is 4.79 Å². The highest BCUT2D eigenvalue weighted by atomic mass is 16.6. The smallest absolute Gasteiger partial charge is 0.273 e. The Kier molecular flexibility index (Phi) is 5.58. The van der Waals surface area contributed by atoms with Crippen LogP contribution in [-0.2, 0) is 9.63 Å². The maximum Gasteiger partial charge on any atom is 0.273 e. The molecule has 0 fully saturated rings. The quantitative estimate of drug-likeness (QED) is 0.676. The molecule has 0 saturated carbocycles. The summed E-state index contributed by atoms with van der Waals surface area (Å²) in [5, 5.41) is 6.39. The molecule has 2 aromatic carbocycles. The van der Waals surface area contributed by atoms with E-state index in [1.807, 2.05) is 57.2 Å². The molecule has 2 rings (SSSR count). The molecule has 0 unspecified atom stereocenters. The molecule has 24 heavy (non-hydrogen) atoms. The van der Waals surface area contributed by atoms with Gasteiger partial charge in [0.15, 0.2) is 5.71 Å². The Bertz CT molecular complexity index is 782. The van der Waals surface area contributed by atoms with Gasteiger partial charge in [0, 0.05) is 12.6 Å². The summed E-state index contributed by atoms with van der Waals surface area (Å²) >= 11 is 0. The summed E-state index contributed by atoms with van der Waals surface area (Å²) in [4.78, 5) is 16.7. The van der Waals surface area contributed by atoms with Gasteiger partial charge in [0.2, 0.25) is 0 Å². The molecule has 0 heterocycles. The minimum Gasteiger partial charge on any atom is -0.457 e. The number of nitrogens with zero attached hydrogens (tertiary/aromatic N) is 1. The van der Waals surface area contributed by atoms with Crippen molar-refractivity contribution in [3.63, 3.8) is 0 Å². The van der Waals surface area contributed by atoms with Gasteiger partial charge in [-0.1, -0.05) is 17.3 Å². The highest BCUT2D eigenvalue weighted by Crippen LogP contribution is 2.27. The third-order valence-corrected chi connectivity index (χ3v) is 3.65. The number of nitrogens with one attached hydrogen (secondary N) is 1. The Balaban J connectivity index is 2.34. The Morgan fingerprint density at radius 1 is 1.04 bits per heavy atom. The van der Waals surface area contributed by atoms with Gasteiger partial charge in [0.05, 0.1) is 0 Å². The SMILES string of the molecule is CNC(=O)C(=NOC)c1ccc(Oc2cc(C)ccc2C)cc1C. The maximum absolute atomic E-state index is 12.0. The summed E-state index contributed by atoms with van der Waals surface area (Å²) in [6.45, 7) is 5.93. The second-order valence-corrected chi connectivity index (χ2v) is 5.55. The molecule has 0 aliphatic carbocycles. The van der Waals surface area contributed by atoms with Crippen LogP contribution in [0.4, 0.5) is 0 Å². The van der Waals surface area contributed by atoms with Crippen molar-refractivity contribution >= 4 is 11.6 Å². The zero-order chi connectivity index (χ0) is 17.7. The Hall–Kier alpha value is -2.82. The van der Waals surface area contributed by atoms with E-state index in [2.05, 4.69) is 10.5 Å². The first-order chi connectivity index (χ1) is 11.5. The summed E-state index contributed by atoms with van der Waals surface area (Å²) in [5.41, 5.74) is 4.00. The number of hydrogen-bond donors (Lipinski definition) is 1. The summed E-state index contributed by atoms with van der Waals surface area (Å²) in [6, 6.07) is 11.6. The summed E-state index contributed by atoms with van der Waals surface area (Å²) < 4.78 is 5.98. The fraction of sp³-hybridized carbons (Fsp3) is 0.263. The Labute approximate surface area is 142 Å². The highest BCUT2D eigenvalue weighted by Gasteiger charge is 2.16. The van der Waals surface area contributed by atoms with Crippen LogP contribution in [0.3, 0.4) is 0 Å². The van der Waals surface area contributed by atoms with Gasteiger partial charge in [-0.15, -0.1) is 0 Å². The molecule has 0 saturated heterocycles. The van der Waals surface area contributed by atoms with Crippen molar-refractivity contribution in [3.05, 3.63) is 58.7 Å². The van der Waals surface area contributed by atoms with Gasteiger partial charge < -0.3 is 14.9 Å². The van der Waals surface area contributed by atoms with Gasteiger partial charge in [0.1, 0.15) is 18.6 Å². The highest BCUT2D eigenvalue weighted by molar-refractivity contribution is 6.45. The minimum absolute atomic E-state index is 0.232. The lowest BCUT2D eigenvalue weighted by Gasteiger charge is -2.12. The predicted molar refractivity (Wildman–Crippen MR) is 94.8 cm³/mol. The van der Waals surface area contributed by atoms with Crippen molar-refractivity contribution in [2.24, 2.45) is 5.16 Å². The molecular formula is C19H22N2O3. The molecule has 0 atom stereocenters. The van der Waals surface area contributed by atoms with E-state index in [0.717, 1.165) is 22.4 Å². The zero-order valence-electron chi connectivity index (χ0n) is 14.6. The van der Waals surface area contributed by atoms with E-state index >= 15 is 0 Å². The largest absolute Gasteiger partial charge is 0.457 e. The van der Waals surface area contributed by atoms with Crippen LogP contribution in [0.5, 0.6) is 11.5 Å². The molecule has 0 bridgehead atoms. The van der Waals surface area contributed by atoms with Gasteiger partial charge in [-0.2, -0.15) is 0 Å². The minimum atomic E-state index is -0.303. The fourth-order valence-electron chi connectivity index (χ4n) is 2.33. The lowest BCUT2D eigenvalue weighted by Crippen LogP contribution is -2.29. The van der Waals surface area contributed by atoms with Crippen molar-refractivity contribution < 1.29 is 14.4 Å². The Morgan fingerprint density at radius 3 is 2.42 bits per heavy atom. The van der Waals surface area contributed by atoms with Crippen LogP contribution in [0.1, 0.15) is 22.3 Å². The number of amides is 1. The standard InChI is InChI=1S/C19H22N2O3/c1-12-6-7-13(2)17(10-12)24-15-8-9-16(14(3)11-15)18(21-23-5)19(22)20-4/h6-11H,1-5H3,(H,20,22).